The van der Waals surface area contributed by atoms with Gasteiger partial charge in [-0.3, -0.25) is 9.88 Å². The van der Waals surface area contributed by atoms with Gasteiger partial charge >= 0.3 is 6.09 Å². The molecule has 2 rings (SSSR count). The van der Waals surface area contributed by atoms with Crippen LogP contribution >= 0.6 is 22.9 Å². The molecule has 2 heterocycles. The first-order chi connectivity index (χ1) is 12.8. The number of carbonyl (C=O) groups is 1. The molecule has 0 atom stereocenters. The van der Waals surface area contributed by atoms with Crippen molar-refractivity contribution in [2.45, 2.75) is 54.1 Å². The van der Waals surface area contributed by atoms with Crippen LogP contribution in [0.15, 0.2) is 24.5 Å². The van der Waals surface area contributed by atoms with Crippen molar-refractivity contribution >= 4 is 34.0 Å². The highest BCUT2D eigenvalue weighted by molar-refractivity contribution is 7.19. The van der Waals surface area contributed by atoms with Gasteiger partial charge in [-0.1, -0.05) is 56.6 Å². The van der Waals surface area contributed by atoms with Gasteiger partial charge in [0, 0.05) is 18.0 Å². The van der Waals surface area contributed by atoms with Gasteiger partial charge in [0.15, 0.2) is 5.15 Å². The number of pyridine rings is 1. The predicted octanol–water partition coefficient (Wildman–Crippen LogP) is 6.29. The monoisotopic (exact) mass is 409 g/mol. The molecule has 0 N–H and O–H groups in total. The zero-order valence-electron chi connectivity index (χ0n) is 17.0. The maximum absolute atomic E-state index is 12.4. The highest BCUT2D eigenvalue weighted by Gasteiger charge is 2.27. The van der Waals surface area contributed by atoms with E-state index in [0.29, 0.717) is 10.0 Å². The first kappa shape index (κ1) is 24.9. The van der Waals surface area contributed by atoms with Crippen molar-refractivity contribution in [3.63, 3.8) is 0 Å². The number of anilines is 1. The van der Waals surface area contributed by atoms with Crippen LogP contribution in [0.5, 0.6) is 0 Å². The van der Waals surface area contributed by atoms with E-state index in [4.69, 9.17) is 22.8 Å². The molecule has 2 aromatic heterocycles. The summed E-state index contributed by atoms with van der Waals surface area (Å²) in [7, 11) is 0. The molecule has 0 bridgehead atoms. The number of ether oxygens (including phenoxy) is 1. The Morgan fingerprint density at radius 2 is 1.96 bits per heavy atom. The average Bonchev–Trinajstić information content (AvgIpc) is 3.04. The summed E-state index contributed by atoms with van der Waals surface area (Å²) >= 11 is 7.46. The second-order valence-corrected chi connectivity index (χ2v) is 6.96. The Balaban J connectivity index is 0.00000158. The van der Waals surface area contributed by atoms with Crippen LogP contribution in [0.1, 0.15) is 48.5 Å². The van der Waals surface area contributed by atoms with E-state index in [2.05, 4.69) is 15.9 Å². The van der Waals surface area contributed by atoms with E-state index in [1.807, 2.05) is 33.8 Å². The molecule has 0 aliphatic heterocycles. The molecule has 27 heavy (non-hydrogen) atoms. The second kappa shape index (κ2) is 12.3. The Hall–Kier alpha value is -2.10. The quantitative estimate of drug-likeness (QED) is 0.559. The van der Waals surface area contributed by atoms with E-state index in [1.54, 1.807) is 39.2 Å². The summed E-state index contributed by atoms with van der Waals surface area (Å²) in [5, 5.41) is 1.32. The molecule has 0 aliphatic rings. The summed E-state index contributed by atoms with van der Waals surface area (Å²) in [6.45, 7) is 13.4. The molecular formula is C20H28ClN3O2S. The summed E-state index contributed by atoms with van der Waals surface area (Å²) in [4.78, 5) is 22.0. The first-order valence-electron chi connectivity index (χ1n) is 8.82. The van der Waals surface area contributed by atoms with Gasteiger partial charge in [-0.2, -0.15) is 0 Å². The maximum atomic E-state index is 12.4. The Morgan fingerprint density at radius 1 is 1.33 bits per heavy atom. The molecule has 0 saturated heterocycles. The Bertz CT molecular complexity index is 734. The molecule has 0 aliphatic carbocycles. The smallest absolute Gasteiger partial charge is 0.416 e. The fourth-order valence-corrected chi connectivity index (χ4v) is 2.99. The standard InChI is InChI=1S/C16H16ClN3O2S.2C2H6/c1-5-9-20(15(21)22-16(2,3)4)14-12(17)19-13(23-14)11-7-6-8-18-10-11;2*1-2/h1,6-8,10H,9H2,2-4H3;2*1-2H3. The molecule has 0 spiro atoms. The maximum Gasteiger partial charge on any atom is 0.416 e. The van der Waals surface area contributed by atoms with Crippen LogP contribution in [0.25, 0.3) is 10.6 Å². The number of hydrogen-bond acceptors (Lipinski definition) is 5. The topological polar surface area (TPSA) is 55.3 Å². The molecule has 0 radical (unpaired) electrons. The Kier molecular flexibility index (Phi) is 11.4. The molecule has 0 aromatic carbocycles. The van der Waals surface area contributed by atoms with E-state index >= 15 is 0 Å². The van der Waals surface area contributed by atoms with Crippen molar-refractivity contribution in [3.8, 4) is 22.9 Å². The van der Waals surface area contributed by atoms with Gasteiger partial charge in [0.25, 0.3) is 0 Å². The number of amides is 1. The summed E-state index contributed by atoms with van der Waals surface area (Å²) in [6.07, 6.45) is 8.16. The minimum absolute atomic E-state index is 0.0449. The fraction of sp³-hybridized carbons (Fsp3) is 0.450. The third-order valence-corrected chi connectivity index (χ3v) is 4.09. The summed E-state index contributed by atoms with van der Waals surface area (Å²) in [5.41, 5.74) is 0.184. The normalized spacial score (nSPS) is 9.74. The molecule has 0 saturated carbocycles. The Labute approximate surface area is 171 Å². The van der Waals surface area contributed by atoms with Crippen molar-refractivity contribution in [3.05, 3.63) is 29.7 Å². The lowest BCUT2D eigenvalue weighted by Gasteiger charge is -2.25. The Morgan fingerprint density at radius 3 is 2.44 bits per heavy atom. The van der Waals surface area contributed by atoms with Crippen molar-refractivity contribution in [1.29, 1.82) is 0 Å². The molecule has 1 amide bonds. The second-order valence-electron chi connectivity index (χ2n) is 5.63. The molecule has 5 nitrogen and oxygen atoms in total. The van der Waals surface area contributed by atoms with Crippen LogP contribution in [0, 0.1) is 12.3 Å². The SMILES string of the molecule is C#CCN(C(=O)OC(C)(C)C)c1sc(-c2cccnc2)nc1Cl.CC.CC. The van der Waals surface area contributed by atoms with Crippen molar-refractivity contribution in [2.24, 2.45) is 0 Å². The van der Waals surface area contributed by atoms with Gasteiger partial charge in [-0.25, -0.2) is 9.78 Å². The number of rotatable bonds is 3. The summed E-state index contributed by atoms with van der Waals surface area (Å²) < 4.78 is 5.38. The molecule has 148 valence electrons. The highest BCUT2D eigenvalue weighted by Crippen LogP contribution is 2.37. The van der Waals surface area contributed by atoms with Gasteiger partial charge in [0.05, 0.1) is 6.54 Å². The van der Waals surface area contributed by atoms with Gasteiger partial charge in [0.1, 0.15) is 15.6 Å². The third kappa shape index (κ3) is 7.98. The molecule has 2 aromatic rings. The fourth-order valence-electron chi connectivity index (χ4n) is 1.70. The lowest BCUT2D eigenvalue weighted by Crippen LogP contribution is -2.36. The third-order valence-electron chi connectivity index (χ3n) is 2.59. The molecular weight excluding hydrogens is 382 g/mol. The number of terminal acetylenes is 1. The van der Waals surface area contributed by atoms with Crippen LogP contribution in [0.4, 0.5) is 9.80 Å². The van der Waals surface area contributed by atoms with Gasteiger partial charge in [-0.05, 0) is 32.9 Å². The molecule has 0 unspecified atom stereocenters. The number of aromatic nitrogens is 2. The van der Waals surface area contributed by atoms with Crippen molar-refractivity contribution in [2.75, 3.05) is 11.4 Å². The number of thiazole rings is 1. The minimum Gasteiger partial charge on any atom is -0.443 e. The lowest BCUT2D eigenvalue weighted by molar-refractivity contribution is 0.0586. The van der Waals surface area contributed by atoms with Crippen molar-refractivity contribution < 1.29 is 9.53 Å². The van der Waals surface area contributed by atoms with Gasteiger partial charge in [-0.15, -0.1) is 6.42 Å². The van der Waals surface area contributed by atoms with Crippen molar-refractivity contribution in [1.82, 2.24) is 9.97 Å². The van der Waals surface area contributed by atoms with Crippen LogP contribution in [-0.4, -0.2) is 28.2 Å². The van der Waals surface area contributed by atoms with E-state index in [1.165, 1.54) is 16.2 Å². The van der Waals surface area contributed by atoms with Crippen LogP contribution in [0.2, 0.25) is 5.15 Å². The number of hydrogen-bond donors (Lipinski definition) is 0. The summed E-state index contributed by atoms with van der Waals surface area (Å²) in [6, 6.07) is 3.67. The first-order valence-corrected chi connectivity index (χ1v) is 10.0. The largest absolute Gasteiger partial charge is 0.443 e. The lowest BCUT2D eigenvalue weighted by atomic mass is 10.2. The van der Waals surface area contributed by atoms with Gasteiger partial charge < -0.3 is 4.74 Å². The zero-order valence-corrected chi connectivity index (χ0v) is 18.6. The zero-order chi connectivity index (χ0) is 21.0. The number of carbonyl (C=O) groups excluding carboxylic acids is 1. The van der Waals surface area contributed by atoms with Crippen LogP contribution < -0.4 is 4.90 Å². The summed E-state index contributed by atoms with van der Waals surface area (Å²) in [5.74, 6) is 2.44. The minimum atomic E-state index is -0.632. The van der Waals surface area contributed by atoms with E-state index in [-0.39, 0.29) is 11.7 Å². The molecule has 0 fully saturated rings. The number of nitrogens with zero attached hydrogens (tertiary/aromatic N) is 3. The predicted molar refractivity (Wildman–Crippen MR) is 115 cm³/mol. The van der Waals surface area contributed by atoms with E-state index in [9.17, 15) is 4.79 Å². The number of halogens is 1. The van der Waals surface area contributed by atoms with Crippen LogP contribution in [0.3, 0.4) is 0 Å². The average molecular weight is 410 g/mol. The van der Waals surface area contributed by atoms with E-state index in [0.717, 1.165) is 5.56 Å². The molecule has 7 heteroatoms. The van der Waals surface area contributed by atoms with Crippen LogP contribution in [-0.2, 0) is 4.74 Å². The highest BCUT2D eigenvalue weighted by atomic mass is 35.5. The van der Waals surface area contributed by atoms with Gasteiger partial charge in [0.2, 0.25) is 0 Å². The van der Waals surface area contributed by atoms with E-state index < -0.39 is 11.7 Å².